The molecule has 4 nitrogen and oxygen atoms in total. The van der Waals surface area contributed by atoms with Crippen molar-refractivity contribution in [2.75, 3.05) is 0 Å². The van der Waals surface area contributed by atoms with Crippen LogP contribution in [0.2, 0.25) is 0 Å². The molecule has 0 aliphatic heterocycles. The van der Waals surface area contributed by atoms with E-state index in [0.717, 1.165) is 6.07 Å². The molecule has 0 aromatic heterocycles. The van der Waals surface area contributed by atoms with Crippen LogP contribution in [0.25, 0.3) is 0 Å². The summed E-state index contributed by atoms with van der Waals surface area (Å²) in [5, 5.41) is 21.2. The van der Waals surface area contributed by atoms with Crippen LogP contribution >= 0.6 is 0 Å². The lowest BCUT2D eigenvalue weighted by Crippen LogP contribution is -2.32. The van der Waals surface area contributed by atoms with Crippen molar-refractivity contribution in [3.8, 4) is 11.5 Å². The van der Waals surface area contributed by atoms with Crippen molar-refractivity contribution < 1.29 is 15.0 Å². The van der Waals surface area contributed by atoms with E-state index in [0.29, 0.717) is 6.42 Å². The number of rotatable bonds is 4. The van der Waals surface area contributed by atoms with Crippen molar-refractivity contribution >= 4 is 5.91 Å². The van der Waals surface area contributed by atoms with Crippen molar-refractivity contribution in [3.05, 3.63) is 36.4 Å². The van der Waals surface area contributed by atoms with Gasteiger partial charge in [-0.1, -0.05) is 6.08 Å². The van der Waals surface area contributed by atoms with Crippen LogP contribution in [0.15, 0.2) is 30.9 Å². The highest BCUT2D eigenvalue weighted by Crippen LogP contribution is 2.22. The Morgan fingerprint density at radius 3 is 2.81 bits per heavy atom. The van der Waals surface area contributed by atoms with Gasteiger partial charge < -0.3 is 15.5 Å². The summed E-state index contributed by atoms with van der Waals surface area (Å²) in [5.74, 6) is -0.677. The van der Waals surface area contributed by atoms with Crippen LogP contribution in [0.1, 0.15) is 23.7 Å². The van der Waals surface area contributed by atoms with Gasteiger partial charge in [-0.3, -0.25) is 4.79 Å². The number of carbonyl (C=O) groups is 1. The molecule has 0 fully saturated rings. The predicted molar refractivity (Wildman–Crippen MR) is 61.5 cm³/mol. The molecule has 1 aromatic carbocycles. The predicted octanol–water partition coefficient (Wildman–Crippen LogP) is 1.79. The zero-order valence-electron chi connectivity index (χ0n) is 9.10. The second-order valence-electron chi connectivity index (χ2n) is 3.60. The Morgan fingerprint density at radius 1 is 1.56 bits per heavy atom. The van der Waals surface area contributed by atoms with Gasteiger partial charge in [0.15, 0.2) is 0 Å². The van der Waals surface area contributed by atoms with Gasteiger partial charge in [-0.2, -0.15) is 0 Å². The van der Waals surface area contributed by atoms with Gasteiger partial charge in [0.1, 0.15) is 11.5 Å². The van der Waals surface area contributed by atoms with Crippen LogP contribution < -0.4 is 5.32 Å². The molecule has 0 radical (unpaired) electrons. The van der Waals surface area contributed by atoms with Crippen molar-refractivity contribution in [2.24, 2.45) is 0 Å². The number of hydrogen-bond donors (Lipinski definition) is 3. The number of phenols is 2. The molecule has 1 rings (SSSR count). The Labute approximate surface area is 94.2 Å². The van der Waals surface area contributed by atoms with E-state index in [9.17, 15) is 9.90 Å². The molecule has 0 saturated heterocycles. The van der Waals surface area contributed by atoms with E-state index in [1.807, 2.05) is 6.92 Å². The molecule has 86 valence electrons. The number of hydrogen-bond acceptors (Lipinski definition) is 3. The molecule has 1 aromatic rings. The average molecular weight is 221 g/mol. The molecule has 16 heavy (non-hydrogen) atoms. The zero-order chi connectivity index (χ0) is 12.1. The van der Waals surface area contributed by atoms with E-state index >= 15 is 0 Å². The largest absolute Gasteiger partial charge is 0.508 e. The van der Waals surface area contributed by atoms with Crippen molar-refractivity contribution in [1.29, 1.82) is 0 Å². The van der Waals surface area contributed by atoms with Crippen molar-refractivity contribution in [2.45, 2.75) is 19.4 Å². The Hall–Kier alpha value is -1.97. The first-order chi connectivity index (χ1) is 7.54. The third kappa shape index (κ3) is 3.02. The maximum absolute atomic E-state index is 11.7. The molecule has 0 spiro atoms. The monoisotopic (exact) mass is 221 g/mol. The Kier molecular flexibility index (Phi) is 3.94. The summed E-state index contributed by atoms with van der Waals surface area (Å²) in [4.78, 5) is 11.7. The highest BCUT2D eigenvalue weighted by molar-refractivity contribution is 5.97. The van der Waals surface area contributed by atoms with E-state index in [2.05, 4.69) is 11.9 Å². The standard InChI is InChI=1S/C12H15NO3/c1-3-4-8(2)13-12(16)10-6-5-9(14)7-11(10)15/h3,5-8,14-15H,1,4H2,2H3,(H,13,16). The lowest BCUT2D eigenvalue weighted by Gasteiger charge is -2.12. The average Bonchev–Trinajstić information content (AvgIpc) is 2.17. The normalized spacial score (nSPS) is 11.8. The molecule has 0 aliphatic carbocycles. The minimum atomic E-state index is -0.369. The number of nitrogens with one attached hydrogen (secondary N) is 1. The lowest BCUT2D eigenvalue weighted by molar-refractivity contribution is 0.0938. The van der Waals surface area contributed by atoms with E-state index < -0.39 is 0 Å². The van der Waals surface area contributed by atoms with Crippen molar-refractivity contribution in [1.82, 2.24) is 5.32 Å². The topological polar surface area (TPSA) is 69.6 Å². The third-order valence-corrected chi connectivity index (χ3v) is 2.12. The summed E-state index contributed by atoms with van der Waals surface area (Å²) >= 11 is 0. The second kappa shape index (κ2) is 5.21. The summed E-state index contributed by atoms with van der Waals surface area (Å²) < 4.78 is 0. The summed E-state index contributed by atoms with van der Waals surface area (Å²) in [6.07, 6.45) is 2.37. The molecular formula is C12H15NO3. The number of aromatic hydroxyl groups is 2. The van der Waals surface area contributed by atoms with Crippen LogP contribution in [0.5, 0.6) is 11.5 Å². The third-order valence-electron chi connectivity index (χ3n) is 2.12. The molecule has 0 aliphatic rings. The highest BCUT2D eigenvalue weighted by Gasteiger charge is 2.13. The minimum Gasteiger partial charge on any atom is -0.508 e. The Balaban J connectivity index is 2.76. The highest BCUT2D eigenvalue weighted by atomic mass is 16.3. The van der Waals surface area contributed by atoms with Gasteiger partial charge in [-0.05, 0) is 25.5 Å². The Bertz CT molecular complexity index is 401. The van der Waals surface area contributed by atoms with E-state index in [1.165, 1.54) is 12.1 Å². The Morgan fingerprint density at radius 2 is 2.25 bits per heavy atom. The van der Waals surface area contributed by atoms with Crippen LogP contribution in [0.4, 0.5) is 0 Å². The van der Waals surface area contributed by atoms with E-state index in [1.54, 1.807) is 6.08 Å². The molecule has 0 bridgehead atoms. The maximum atomic E-state index is 11.7. The fourth-order valence-electron chi connectivity index (χ4n) is 1.32. The molecule has 3 N–H and O–H groups in total. The molecule has 1 unspecified atom stereocenters. The van der Waals surface area contributed by atoms with Crippen LogP contribution in [-0.2, 0) is 0 Å². The molecule has 0 saturated carbocycles. The number of amides is 1. The first-order valence-electron chi connectivity index (χ1n) is 4.98. The van der Waals surface area contributed by atoms with Gasteiger partial charge >= 0.3 is 0 Å². The van der Waals surface area contributed by atoms with Crippen LogP contribution in [0, 0.1) is 0 Å². The zero-order valence-corrected chi connectivity index (χ0v) is 9.10. The van der Waals surface area contributed by atoms with Gasteiger partial charge in [0, 0.05) is 12.1 Å². The van der Waals surface area contributed by atoms with Gasteiger partial charge in [-0.15, -0.1) is 6.58 Å². The lowest BCUT2D eigenvalue weighted by atomic mass is 10.1. The second-order valence-corrected chi connectivity index (χ2v) is 3.60. The first-order valence-corrected chi connectivity index (χ1v) is 4.98. The van der Waals surface area contributed by atoms with Gasteiger partial charge in [0.05, 0.1) is 5.56 Å². The molecule has 4 heteroatoms. The van der Waals surface area contributed by atoms with Crippen LogP contribution in [0.3, 0.4) is 0 Å². The van der Waals surface area contributed by atoms with Gasteiger partial charge in [-0.25, -0.2) is 0 Å². The molecule has 1 amide bonds. The fraction of sp³-hybridized carbons (Fsp3) is 0.250. The van der Waals surface area contributed by atoms with E-state index in [-0.39, 0.29) is 29.0 Å². The smallest absolute Gasteiger partial charge is 0.255 e. The van der Waals surface area contributed by atoms with Gasteiger partial charge in [0.2, 0.25) is 0 Å². The van der Waals surface area contributed by atoms with Crippen molar-refractivity contribution in [3.63, 3.8) is 0 Å². The maximum Gasteiger partial charge on any atom is 0.255 e. The number of benzene rings is 1. The molecule has 0 heterocycles. The number of phenolic OH excluding ortho intramolecular Hbond substituents is 2. The first kappa shape index (κ1) is 12.1. The SMILES string of the molecule is C=CCC(C)NC(=O)c1ccc(O)cc1O. The summed E-state index contributed by atoms with van der Waals surface area (Å²) in [6, 6.07) is 3.82. The minimum absolute atomic E-state index is 0.0433. The number of carbonyl (C=O) groups excluding carboxylic acids is 1. The van der Waals surface area contributed by atoms with Gasteiger partial charge in [0.25, 0.3) is 5.91 Å². The van der Waals surface area contributed by atoms with E-state index in [4.69, 9.17) is 5.11 Å². The fourth-order valence-corrected chi connectivity index (χ4v) is 1.32. The summed E-state index contributed by atoms with van der Waals surface area (Å²) in [7, 11) is 0. The molecule has 1 atom stereocenters. The van der Waals surface area contributed by atoms with Crippen LogP contribution in [-0.4, -0.2) is 22.2 Å². The summed E-state index contributed by atoms with van der Waals surface area (Å²) in [6.45, 7) is 5.42. The summed E-state index contributed by atoms with van der Waals surface area (Å²) in [5.41, 5.74) is 0.147. The molecular weight excluding hydrogens is 206 g/mol. The quantitative estimate of drug-likeness (QED) is 0.679.